The monoisotopic (exact) mass is 296 g/mol. The summed E-state index contributed by atoms with van der Waals surface area (Å²) in [6.45, 7) is 9.24. The molecule has 0 aromatic carbocycles. The molecule has 1 saturated heterocycles. The normalized spacial score (nSPS) is 17.3. The van der Waals surface area contributed by atoms with Gasteiger partial charge in [0.25, 0.3) is 0 Å². The number of amides is 2. The van der Waals surface area contributed by atoms with Crippen molar-refractivity contribution in [2.75, 3.05) is 39.3 Å². The van der Waals surface area contributed by atoms with E-state index in [9.17, 15) is 9.59 Å². The number of nitrogens with two attached hydrogens (primary N) is 1. The molecule has 1 heterocycles. The van der Waals surface area contributed by atoms with Crippen molar-refractivity contribution in [2.45, 2.75) is 32.2 Å². The van der Waals surface area contributed by atoms with Crippen LogP contribution >= 0.6 is 0 Å². The van der Waals surface area contributed by atoms with Crippen LogP contribution in [0.1, 0.15) is 26.2 Å². The second kappa shape index (κ2) is 9.52. The highest BCUT2D eigenvalue weighted by Crippen LogP contribution is 2.07. The minimum absolute atomic E-state index is 0.00526. The Morgan fingerprint density at radius 1 is 1.33 bits per heavy atom. The molecule has 2 amide bonds. The Balaban J connectivity index is 2.29. The second-order valence-corrected chi connectivity index (χ2v) is 5.44. The number of hydrogen-bond acceptors (Lipinski definition) is 4. The summed E-state index contributed by atoms with van der Waals surface area (Å²) < 4.78 is 0. The third-order valence-electron chi connectivity index (χ3n) is 3.68. The highest BCUT2D eigenvalue weighted by atomic mass is 16.2. The van der Waals surface area contributed by atoms with E-state index in [1.54, 1.807) is 6.08 Å². The van der Waals surface area contributed by atoms with Crippen LogP contribution in [0.25, 0.3) is 0 Å². The molecule has 1 rings (SSSR count). The smallest absolute Gasteiger partial charge is 0.239 e. The maximum Gasteiger partial charge on any atom is 0.239 e. The molecule has 6 nitrogen and oxygen atoms in total. The summed E-state index contributed by atoms with van der Waals surface area (Å²) >= 11 is 0. The van der Waals surface area contributed by atoms with Gasteiger partial charge >= 0.3 is 0 Å². The van der Waals surface area contributed by atoms with Crippen LogP contribution in [0, 0.1) is 0 Å². The standard InChI is InChI=1S/C15H28N4O2/c1-3-5-6-13(16)15(21)19-10-8-18(9-11-19)12-14(20)17-7-4-2/h4,13H,2-3,5-12,16H2,1H3,(H,17,20)/t13-/m0/s1. The third kappa shape index (κ3) is 6.27. The molecule has 0 aliphatic carbocycles. The Bertz CT molecular complexity index is 352. The fraction of sp³-hybridized carbons (Fsp3) is 0.733. The Morgan fingerprint density at radius 2 is 2.00 bits per heavy atom. The van der Waals surface area contributed by atoms with Crippen LogP contribution in [0.2, 0.25) is 0 Å². The third-order valence-corrected chi connectivity index (χ3v) is 3.68. The first kappa shape index (κ1) is 17.7. The summed E-state index contributed by atoms with van der Waals surface area (Å²) in [6.07, 6.45) is 4.44. The molecule has 0 saturated carbocycles. The number of rotatable bonds is 8. The van der Waals surface area contributed by atoms with E-state index in [0.29, 0.717) is 39.3 Å². The molecular weight excluding hydrogens is 268 g/mol. The number of carbonyl (C=O) groups is 2. The highest BCUT2D eigenvalue weighted by molar-refractivity contribution is 5.82. The van der Waals surface area contributed by atoms with Crippen molar-refractivity contribution in [3.63, 3.8) is 0 Å². The number of carbonyl (C=O) groups excluding carboxylic acids is 2. The quantitative estimate of drug-likeness (QED) is 0.616. The van der Waals surface area contributed by atoms with Crippen LogP contribution in [0.3, 0.4) is 0 Å². The number of nitrogens with one attached hydrogen (secondary N) is 1. The summed E-state index contributed by atoms with van der Waals surface area (Å²) in [5.74, 6) is 0.0357. The number of piperazine rings is 1. The Labute approximate surface area is 127 Å². The molecule has 21 heavy (non-hydrogen) atoms. The van der Waals surface area contributed by atoms with E-state index < -0.39 is 0 Å². The summed E-state index contributed by atoms with van der Waals surface area (Å²) in [5.41, 5.74) is 5.93. The first-order chi connectivity index (χ1) is 10.1. The number of unbranched alkanes of at least 4 members (excludes halogenated alkanes) is 1. The summed E-state index contributed by atoms with van der Waals surface area (Å²) in [7, 11) is 0. The first-order valence-corrected chi connectivity index (χ1v) is 7.72. The molecule has 3 N–H and O–H groups in total. The molecule has 6 heteroatoms. The molecule has 0 unspecified atom stereocenters. The zero-order valence-corrected chi connectivity index (χ0v) is 13.0. The topological polar surface area (TPSA) is 78.7 Å². The van der Waals surface area contributed by atoms with Gasteiger partial charge in [0.2, 0.25) is 11.8 Å². The summed E-state index contributed by atoms with van der Waals surface area (Å²) in [4.78, 5) is 27.7. The molecule has 0 spiro atoms. The molecule has 0 aromatic heterocycles. The van der Waals surface area contributed by atoms with Crippen LogP contribution in [-0.4, -0.2) is 66.9 Å². The van der Waals surface area contributed by atoms with E-state index in [1.807, 2.05) is 4.90 Å². The van der Waals surface area contributed by atoms with Crippen molar-refractivity contribution < 1.29 is 9.59 Å². The zero-order valence-electron chi connectivity index (χ0n) is 13.0. The van der Waals surface area contributed by atoms with Gasteiger partial charge in [0.1, 0.15) is 0 Å². The van der Waals surface area contributed by atoms with Crippen LogP contribution < -0.4 is 11.1 Å². The predicted octanol–water partition coefficient (Wildman–Crippen LogP) is -0.0497. The van der Waals surface area contributed by atoms with Crippen molar-refractivity contribution in [2.24, 2.45) is 5.73 Å². The lowest BCUT2D eigenvalue weighted by Gasteiger charge is -2.35. The van der Waals surface area contributed by atoms with Gasteiger partial charge in [0, 0.05) is 32.7 Å². The van der Waals surface area contributed by atoms with Crippen molar-refractivity contribution in [1.29, 1.82) is 0 Å². The van der Waals surface area contributed by atoms with Crippen molar-refractivity contribution in [3.8, 4) is 0 Å². The van der Waals surface area contributed by atoms with Gasteiger partial charge in [0.05, 0.1) is 12.6 Å². The number of nitrogens with zero attached hydrogens (tertiary/aromatic N) is 2. The molecule has 0 radical (unpaired) electrons. The first-order valence-electron chi connectivity index (χ1n) is 7.72. The fourth-order valence-corrected chi connectivity index (χ4v) is 2.35. The largest absolute Gasteiger partial charge is 0.352 e. The molecule has 1 aliphatic rings. The Kier molecular flexibility index (Phi) is 8.00. The van der Waals surface area contributed by atoms with Gasteiger partial charge in [-0.25, -0.2) is 0 Å². The average molecular weight is 296 g/mol. The second-order valence-electron chi connectivity index (χ2n) is 5.44. The van der Waals surface area contributed by atoms with Crippen LogP contribution in [0.15, 0.2) is 12.7 Å². The van der Waals surface area contributed by atoms with E-state index in [4.69, 9.17) is 5.73 Å². The maximum absolute atomic E-state index is 12.2. The minimum atomic E-state index is -0.382. The van der Waals surface area contributed by atoms with Gasteiger partial charge in [-0.2, -0.15) is 0 Å². The van der Waals surface area contributed by atoms with Gasteiger partial charge in [0.15, 0.2) is 0 Å². The Hall–Kier alpha value is -1.40. The van der Waals surface area contributed by atoms with Gasteiger partial charge in [-0.15, -0.1) is 6.58 Å². The van der Waals surface area contributed by atoms with Crippen molar-refractivity contribution >= 4 is 11.8 Å². The predicted molar refractivity (Wildman–Crippen MR) is 83.7 cm³/mol. The lowest BCUT2D eigenvalue weighted by molar-refractivity contribution is -0.134. The number of hydrogen-bond donors (Lipinski definition) is 2. The summed E-state index contributed by atoms with van der Waals surface area (Å²) in [5, 5.41) is 2.76. The van der Waals surface area contributed by atoms with Gasteiger partial charge in [-0.3, -0.25) is 14.5 Å². The molecule has 0 bridgehead atoms. The van der Waals surface area contributed by atoms with Crippen LogP contribution in [-0.2, 0) is 9.59 Å². The maximum atomic E-state index is 12.2. The van der Waals surface area contributed by atoms with Gasteiger partial charge in [-0.05, 0) is 6.42 Å². The minimum Gasteiger partial charge on any atom is -0.352 e. The highest BCUT2D eigenvalue weighted by Gasteiger charge is 2.25. The molecule has 0 aromatic rings. The molecule has 1 aliphatic heterocycles. The van der Waals surface area contributed by atoms with Gasteiger partial charge < -0.3 is 16.0 Å². The summed E-state index contributed by atoms with van der Waals surface area (Å²) in [6, 6.07) is -0.382. The lowest BCUT2D eigenvalue weighted by Crippen LogP contribution is -2.54. The van der Waals surface area contributed by atoms with E-state index in [2.05, 4.69) is 23.7 Å². The average Bonchev–Trinajstić information content (AvgIpc) is 2.50. The SMILES string of the molecule is C=CCNC(=O)CN1CCN(C(=O)[C@@H](N)CCCC)CC1. The fourth-order valence-electron chi connectivity index (χ4n) is 2.35. The van der Waals surface area contributed by atoms with Crippen LogP contribution in [0.5, 0.6) is 0 Å². The van der Waals surface area contributed by atoms with E-state index in [1.165, 1.54) is 0 Å². The zero-order chi connectivity index (χ0) is 15.7. The van der Waals surface area contributed by atoms with Gasteiger partial charge in [-0.1, -0.05) is 25.8 Å². The Morgan fingerprint density at radius 3 is 2.57 bits per heavy atom. The molecular formula is C15H28N4O2. The van der Waals surface area contributed by atoms with E-state index in [0.717, 1.165) is 19.3 Å². The van der Waals surface area contributed by atoms with E-state index in [-0.39, 0.29) is 17.9 Å². The lowest BCUT2D eigenvalue weighted by atomic mass is 10.1. The van der Waals surface area contributed by atoms with Crippen molar-refractivity contribution in [3.05, 3.63) is 12.7 Å². The molecule has 120 valence electrons. The molecule has 1 atom stereocenters. The van der Waals surface area contributed by atoms with Crippen molar-refractivity contribution in [1.82, 2.24) is 15.1 Å². The molecule has 1 fully saturated rings. The van der Waals surface area contributed by atoms with E-state index >= 15 is 0 Å². The van der Waals surface area contributed by atoms with Crippen LogP contribution in [0.4, 0.5) is 0 Å².